The number of hydrogen-bond acceptors (Lipinski definition) is 2. The monoisotopic (exact) mass is 255 g/mol. The SMILES string of the molecule is Clc1ccccc1-c1ncoc1-c1ccccc1. The molecule has 3 rings (SSSR count). The summed E-state index contributed by atoms with van der Waals surface area (Å²) in [5, 5.41) is 0.670. The van der Waals surface area contributed by atoms with Gasteiger partial charge in [0.2, 0.25) is 0 Å². The molecule has 0 atom stereocenters. The van der Waals surface area contributed by atoms with E-state index >= 15 is 0 Å². The Hall–Kier alpha value is -2.06. The fourth-order valence-electron chi connectivity index (χ4n) is 1.89. The predicted molar refractivity (Wildman–Crippen MR) is 72.4 cm³/mol. The Bertz CT molecular complexity index is 661. The van der Waals surface area contributed by atoms with Gasteiger partial charge in [-0.25, -0.2) is 4.98 Å². The van der Waals surface area contributed by atoms with Crippen molar-refractivity contribution in [3.05, 3.63) is 66.0 Å². The van der Waals surface area contributed by atoms with Crippen molar-refractivity contribution in [2.24, 2.45) is 0 Å². The number of aromatic nitrogens is 1. The largest absolute Gasteiger partial charge is 0.443 e. The first-order valence-corrected chi connectivity index (χ1v) is 5.98. The molecule has 0 N–H and O–H groups in total. The minimum atomic E-state index is 0.670. The van der Waals surface area contributed by atoms with Crippen molar-refractivity contribution in [2.75, 3.05) is 0 Å². The molecule has 2 nitrogen and oxygen atoms in total. The van der Waals surface area contributed by atoms with E-state index in [1.165, 1.54) is 6.39 Å². The van der Waals surface area contributed by atoms with Gasteiger partial charge in [0.1, 0.15) is 5.69 Å². The summed E-state index contributed by atoms with van der Waals surface area (Å²) in [5.41, 5.74) is 2.64. The lowest BCUT2D eigenvalue weighted by Crippen LogP contribution is -1.83. The maximum Gasteiger partial charge on any atom is 0.182 e. The fourth-order valence-corrected chi connectivity index (χ4v) is 2.11. The molecule has 0 fully saturated rings. The predicted octanol–water partition coefficient (Wildman–Crippen LogP) is 4.66. The van der Waals surface area contributed by atoms with Crippen LogP contribution in [0.4, 0.5) is 0 Å². The van der Waals surface area contributed by atoms with Gasteiger partial charge in [0, 0.05) is 11.1 Å². The van der Waals surface area contributed by atoms with E-state index in [0.29, 0.717) is 5.02 Å². The second-order valence-electron chi connectivity index (χ2n) is 3.88. The molecule has 0 radical (unpaired) electrons. The van der Waals surface area contributed by atoms with Crippen LogP contribution in [0.5, 0.6) is 0 Å². The molecule has 0 amide bonds. The van der Waals surface area contributed by atoms with Crippen LogP contribution in [0.2, 0.25) is 5.02 Å². The van der Waals surface area contributed by atoms with Crippen molar-refractivity contribution in [2.45, 2.75) is 0 Å². The van der Waals surface area contributed by atoms with Crippen LogP contribution in [0.1, 0.15) is 0 Å². The van der Waals surface area contributed by atoms with Gasteiger partial charge in [0.25, 0.3) is 0 Å². The average Bonchev–Trinajstić information content (AvgIpc) is 2.89. The summed E-state index contributed by atoms with van der Waals surface area (Å²) in [6.07, 6.45) is 1.45. The van der Waals surface area contributed by atoms with Gasteiger partial charge in [-0.1, -0.05) is 60.1 Å². The Morgan fingerprint density at radius 1 is 0.889 bits per heavy atom. The second-order valence-corrected chi connectivity index (χ2v) is 4.28. The number of benzene rings is 2. The Kier molecular flexibility index (Phi) is 2.87. The molecular weight excluding hydrogens is 246 g/mol. The number of oxazole rings is 1. The second kappa shape index (κ2) is 4.67. The van der Waals surface area contributed by atoms with E-state index in [1.54, 1.807) is 0 Å². The third-order valence-electron chi connectivity index (χ3n) is 2.73. The van der Waals surface area contributed by atoms with Gasteiger partial charge in [0.15, 0.2) is 12.2 Å². The lowest BCUT2D eigenvalue weighted by molar-refractivity contribution is 0.572. The molecule has 0 saturated heterocycles. The normalized spacial score (nSPS) is 10.5. The van der Waals surface area contributed by atoms with Gasteiger partial charge < -0.3 is 4.42 Å². The van der Waals surface area contributed by atoms with E-state index in [4.69, 9.17) is 16.0 Å². The molecule has 0 aliphatic rings. The standard InChI is InChI=1S/C15H10ClNO/c16-13-9-5-4-8-12(13)14-15(18-10-17-14)11-6-2-1-3-7-11/h1-10H. The first kappa shape index (κ1) is 11.1. The van der Waals surface area contributed by atoms with Crippen LogP contribution < -0.4 is 0 Å². The van der Waals surface area contributed by atoms with Crippen molar-refractivity contribution in [1.29, 1.82) is 0 Å². The van der Waals surface area contributed by atoms with Crippen molar-refractivity contribution in [3.63, 3.8) is 0 Å². The smallest absolute Gasteiger partial charge is 0.182 e. The summed E-state index contributed by atoms with van der Waals surface area (Å²) in [6, 6.07) is 17.5. The Balaban J connectivity index is 2.16. The maximum absolute atomic E-state index is 6.19. The van der Waals surface area contributed by atoms with E-state index in [9.17, 15) is 0 Å². The molecular formula is C15H10ClNO. The molecule has 0 aliphatic heterocycles. The molecule has 3 aromatic rings. The zero-order valence-corrected chi connectivity index (χ0v) is 10.3. The highest BCUT2D eigenvalue weighted by Gasteiger charge is 2.14. The Labute approximate surface area is 110 Å². The van der Waals surface area contributed by atoms with Crippen molar-refractivity contribution in [1.82, 2.24) is 4.98 Å². The number of rotatable bonds is 2. The third kappa shape index (κ3) is 1.91. The maximum atomic E-state index is 6.19. The zero-order valence-electron chi connectivity index (χ0n) is 9.51. The molecule has 88 valence electrons. The number of halogens is 1. The molecule has 1 aromatic heterocycles. The summed E-state index contributed by atoms with van der Waals surface area (Å²) in [5.74, 6) is 0.740. The van der Waals surface area contributed by atoms with Gasteiger partial charge in [0.05, 0.1) is 5.02 Å². The van der Waals surface area contributed by atoms with Crippen LogP contribution >= 0.6 is 11.6 Å². The Morgan fingerprint density at radius 2 is 1.61 bits per heavy atom. The number of hydrogen-bond donors (Lipinski definition) is 0. The van der Waals surface area contributed by atoms with Crippen molar-refractivity contribution in [3.8, 4) is 22.6 Å². The summed E-state index contributed by atoms with van der Waals surface area (Å²) in [6.45, 7) is 0. The Morgan fingerprint density at radius 3 is 2.39 bits per heavy atom. The van der Waals surface area contributed by atoms with Gasteiger partial charge in [-0.15, -0.1) is 0 Å². The molecule has 0 bridgehead atoms. The van der Waals surface area contributed by atoms with E-state index < -0.39 is 0 Å². The van der Waals surface area contributed by atoms with Crippen molar-refractivity contribution >= 4 is 11.6 Å². The van der Waals surface area contributed by atoms with Crippen LogP contribution in [0, 0.1) is 0 Å². The van der Waals surface area contributed by atoms with Crippen LogP contribution in [-0.2, 0) is 0 Å². The molecule has 0 spiro atoms. The molecule has 0 saturated carbocycles. The molecule has 3 heteroatoms. The van der Waals surface area contributed by atoms with E-state index in [1.807, 2.05) is 54.6 Å². The first-order chi connectivity index (χ1) is 8.86. The summed E-state index contributed by atoms with van der Waals surface area (Å²) >= 11 is 6.19. The quantitative estimate of drug-likeness (QED) is 0.665. The minimum Gasteiger partial charge on any atom is -0.443 e. The van der Waals surface area contributed by atoms with Crippen molar-refractivity contribution < 1.29 is 4.42 Å². The molecule has 2 aromatic carbocycles. The van der Waals surface area contributed by atoms with Gasteiger partial charge in [-0.3, -0.25) is 0 Å². The van der Waals surface area contributed by atoms with Crippen LogP contribution in [0.25, 0.3) is 22.6 Å². The topological polar surface area (TPSA) is 26.0 Å². The van der Waals surface area contributed by atoms with Crippen LogP contribution in [0.15, 0.2) is 65.4 Å². The molecule has 1 heterocycles. The molecule has 0 aliphatic carbocycles. The first-order valence-electron chi connectivity index (χ1n) is 5.60. The van der Waals surface area contributed by atoms with Gasteiger partial charge in [-0.05, 0) is 6.07 Å². The minimum absolute atomic E-state index is 0.670. The van der Waals surface area contributed by atoms with Crippen LogP contribution in [0.3, 0.4) is 0 Å². The summed E-state index contributed by atoms with van der Waals surface area (Å²) in [4.78, 5) is 4.27. The zero-order chi connectivity index (χ0) is 12.4. The highest BCUT2D eigenvalue weighted by molar-refractivity contribution is 6.33. The number of nitrogens with zero attached hydrogens (tertiary/aromatic N) is 1. The van der Waals surface area contributed by atoms with Crippen LogP contribution in [-0.4, -0.2) is 4.98 Å². The highest BCUT2D eigenvalue weighted by Crippen LogP contribution is 2.34. The third-order valence-corrected chi connectivity index (χ3v) is 3.06. The van der Waals surface area contributed by atoms with E-state index in [0.717, 1.165) is 22.6 Å². The van der Waals surface area contributed by atoms with Gasteiger partial charge >= 0.3 is 0 Å². The van der Waals surface area contributed by atoms with Gasteiger partial charge in [-0.2, -0.15) is 0 Å². The summed E-state index contributed by atoms with van der Waals surface area (Å²) in [7, 11) is 0. The molecule has 18 heavy (non-hydrogen) atoms. The summed E-state index contributed by atoms with van der Waals surface area (Å²) < 4.78 is 5.49. The highest BCUT2D eigenvalue weighted by atomic mass is 35.5. The lowest BCUT2D eigenvalue weighted by atomic mass is 10.1. The van der Waals surface area contributed by atoms with E-state index in [-0.39, 0.29) is 0 Å². The average molecular weight is 256 g/mol. The van der Waals surface area contributed by atoms with E-state index in [2.05, 4.69) is 4.98 Å². The molecule has 0 unspecified atom stereocenters. The fraction of sp³-hybridized carbons (Fsp3) is 0. The lowest BCUT2D eigenvalue weighted by Gasteiger charge is -2.03.